The third kappa shape index (κ3) is 3.70. The molecule has 1 N–H and O–H groups in total. The first kappa shape index (κ1) is 14.8. The van der Waals surface area contributed by atoms with E-state index in [0.717, 1.165) is 25.9 Å². The lowest BCUT2D eigenvalue weighted by Crippen LogP contribution is -2.34. The summed E-state index contributed by atoms with van der Waals surface area (Å²) in [6, 6.07) is 9.08. The topological polar surface area (TPSA) is 29.9 Å². The molecule has 20 heavy (non-hydrogen) atoms. The highest BCUT2D eigenvalue weighted by atomic mass is 15.1. The lowest BCUT2D eigenvalue weighted by Gasteiger charge is -2.19. The van der Waals surface area contributed by atoms with Gasteiger partial charge in [-0.1, -0.05) is 31.2 Å². The van der Waals surface area contributed by atoms with Crippen LogP contribution in [0.5, 0.6) is 0 Å². The number of rotatable bonds is 7. The largest absolute Gasteiger partial charge is 0.335 e. The molecule has 2 aromatic rings. The molecule has 1 aromatic carbocycles. The van der Waals surface area contributed by atoms with Crippen LogP contribution < -0.4 is 5.32 Å². The Kier molecular flexibility index (Phi) is 5.36. The summed E-state index contributed by atoms with van der Waals surface area (Å²) in [6.07, 6.45) is 5.99. The van der Waals surface area contributed by atoms with Gasteiger partial charge in [-0.15, -0.1) is 0 Å². The maximum absolute atomic E-state index is 4.50. The first-order valence-corrected chi connectivity index (χ1v) is 7.52. The lowest BCUT2D eigenvalue weighted by atomic mass is 9.99. The molecule has 2 rings (SSSR count). The van der Waals surface area contributed by atoms with Gasteiger partial charge in [0.25, 0.3) is 0 Å². The van der Waals surface area contributed by atoms with E-state index in [1.165, 1.54) is 17.0 Å². The van der Waals surface area contributed by atoms with Gasteiger partial charge < -0.3 is 9.88 Å². The molecule has 0 saturated heterocycles. The zero-order valence-corrected chi connectivity index (χ0v) is 12.8. The van der Waals surface area contributed by atoms with Crippen molar-refractivity contribution in [3.05, 3.63) is 53.6 Å². The van der Waals surface area contributed by atoms with Crippen LogP contribution in [0, 0.1) is 6.92 Å². The van der Waals surface area contributed by atoms with Gasteiger partial charge in [-0.2, -0.15) is 0 Å². The highest BCUT2D eigenvalue weighted by Gasteiger charge is 2.13. The predicted molar refractivity (Wildman–Crippen MR) is 84.0 cm³/mol. The molecule has 0 saturated carbocycles. The van der Waals surface area contributed by atoms with Gasteiger partial charge in [0.2, 0.25) is 0 Å². The summed E-state index contributed by atoms with van der Waals surface area (Å²) >= 11 is 0. The molecule has 0 radical (unpaired) electrons. The van der Waals surface area contributed by atoms with Crippen LogP contribution in [0.2, 0.25) is 0 Å². The zero-order valence-electron chi connectivity index (χ0n) is 12.8. The number of aromatic nitrogens is 2. The summed E-state index contributed by atoms with van der Waals surface area (Å²) in [5, 5.41) is 3.59. The number of aryl methyl sites for hydroxylation is 2. The first-order valence-electron chi connectivity index (χ1n) is 7.52. The van der Waals surface area contributed by atoms with E-state index >= 15 is 0 Å². The van der Waals surface area contributed by atoms with Crippen molar-refractivity contribution in [3.63, 3.8) is 0 Å². The van der Waals surface area contributed by atoms with E-state index in [4.69, 9.17) is 0 Å². The van der Waals surface area contributed by atoms with Gasteiger partial charge in [-0.3, -0.25) is 0 Å². The molecule has 3 nitrogen and oxygen atoms in total. The third-order valence-corrected chi connectivity index (χ3v) is 3.79. The molecule has 1 atom stereocenters. The molecular formula is C17H25N3. The van der Waals surface area contributed by atoms with Crippen LogP contribution in [0.1, 0.15) is 30.8 Å². The van der Waals surface area contributed by atoms with Gasteiger partial charge in [0.05, 0.1) is 0 Å². The summed E-state index contributed by atoms with van der Waals surface area (Å²) in [7, 11) is 0. The second-order valence-electron chi connectivity index (χ2n) is 5.22. The number of benzene rings is 1. The summed E-state index contributed by atoms with van der Waals surface area (Å²) in [5.74, 6) is 1.17. The molecule has 1 heterocycles. The average Bonchev–Trinajstić information content (AvgIpc) is 2.89. The van der Waals surface area contributed by atoms with Crippen molar-refractivity contribution in [1.29, 1.82) is 0 Å². The van der Waals surface area contributed by atoms with Gasteiger partial charge in [-0.25, -0.2) is 4.98 Å². The number of imidazole rings is 1. The van der Waals surface area contributed by atoms with Crippen LogP contribution in [0.3, 0.4) is 0 Å². The van der Waals surface area contributed by atoms with E-state index in [-0.39, 0.29) is 0 Å². The van der Waals surface area contributed by atoms with Crippen molar-refractivity contribution in [3.8, 4) is 0 Å². The monoisotopic (exact) mass is 271 g/mol. The van der Waals surface area contributed by atoms with E-state index in [9.17, 15) is 0 Å². The molecule has 0 aliphatic rings. The minimum absolute atomic E-state index is 0.439. The van der Waals surface area contributed by atoms with E-state index in [1.54, 1.807) is 0 Å². The van der Waals surface area contributed by atoms with E-state index in [0.29, 0.717) is 6.04 Å². The lowest BCUT2D eigenvalue weighted by molar-refractivity contribution is 0.498. The smallest absolute Gasteiger partial charge is 0.110 e. The maximum atomic E-state index is 4.50. The molecule has 0 spiro atoms. The summed E-state index contributed by atoms with van der Waals surface area (Å²) < 4.78 is 2.22. The van der Waals surface area contributed by atoms with E-state index in [1.807, 2.05) is 6.20 Å². The minimum Gasteiger partial charge on any atom is -0.335 e. The van der Waals surface area contributed by atoms with Crippen molar-refractivity contribution in [2.75, 3.05) is 6.54 Å². The molecular weight excluding hydrogens is 246 g/mol. The van der Waals surface area contributed by atoms with Crippen LogP contribution in [0.25, 0.3) is 0 Å². The van der Waals surface area contributed by atoms with Gasteiger partial charge >= 0.3 is 0 Å². The second kappa shape index (κ2) is 7.25. The summed E-state index contributed by atoms with van der Waals surface area (Å²) in [5.41, 5.74) is 2.79. The molecule has 1 unspecified atom stereocenters. The number of likely N-dealkylation sites (N-methyl/N-ethyl adjacent to an activating group) is 1. The minimum atomic E-state index is 0.439. The fourth-order valence-electron chi connectivity index (χ4n) is 2.65. The van der Waals surface area contributed by atoms with Crippen LogP contribution in [-0.2, 0) is 19.4 Å². The molecule has 1 aromatic heterocycles. The van der Waals surface area contributed by atoms with Crippen molar-refractivity contribution >= 4 is 0 Å². The summed E-state index contributed by atoms with van der Waals surface area (Å²) in [4.78, 5) is 4.50. The van der Waals surface area contributed by atoms with Crippen LogP contribution >= 0.6 is 0 Å². The number of nitrogens with one attached hydrogen (secondary N) is 1. The summed E-state index contributed by atoms with van der Waals surface area (Å²) in [6.45, 7) is 8.49. The predicted octanol–water partition coefficient (Wildman–Crippen LogP) is 2.97. The van der Waals surface area contributed by atoms with Crippen molar-refractivity contribution < 1.29 is 0 Å². The average molecular weight is 271 g/mol. The number of hydrogen-bond donors (Lipinski definition) is 1. The standard InChI is InChI=1S/C17H25N3/c1-4-18-16(12-15-9-7-6-8-14(15)3)13-17-19-10-11-20(17)5-2/h6-11,16,18H,4-5,12-13H2,1-3H3. The van der Waals surface area contributed by atoms with Crippen LogP contribution in [-0.4, -0.2) is 22.1 Å². The van der Waals surface area contributed by atoms with E-state index < -0.39 is 0 Å². The highest BCUT2D eigenvalue weighted by Crippen LogP contribution is 2.12. The SMILES string of the molecule is CCNC(Cc1ccccc1C)Cc1nccn1CC. The fourth-order valence-corrected chi connectivity index (χ4v) is 2.65. The number of hydrogen-bond acceptors (Lipinski definition) is 2. The third-order valence-electron chi connectivity index (χ3n) is 3.79. The Balaban J connectivity index is 2.09. The molecule has 0 aliphatic carbocycles. The van der Waals surface area contributed by atoms with Crippen molar-refractivity contribution in [2.45, 2.75) is 46.2 Å². The van der Waals surface area contributed by atoms with Crippen molar-refractivity contribution in [2.24, 2.45) is 0 Å². The van der Waals surface area contributed by atoms with Gasteiger partial charge in [0.15, 0.2) is 0 Å². The fraction of sp³-hybridized carbons (Fsp3) is 0.471. The Morgan fingerprint density at radius 1 is 1.20 bits per heavy atom. The normalized spacial score (nSPS) is 12.6. The Labute approximate surface area is 122 Å². The van der Waals surface area contributed by atoms with Gasteiger partial charge in [0, 0.05) is 31.4 Å². The number of nitrogens with zero attached hydrogens (tertiary/aromatic N) is 2. The molecule has 0 aliphatic heterocycles. The zero-order chi connectivity index (χ0) is 14.4. The Morgan fingerprint density at radius 2 is 2.00 bits per heavy atom. The Hall–Kier alpha value is -1.61. The molecule has 0 bridgehead atoms. The van der Waals surface area contributed by atoms with E-state index in [2.05, 4.69) is 66.1 Å². The van der Waals surface area contributed by atoms with Crippen LogP contribution in [0.15, 0.2) is 36.7 Å². The van der Waals surface area contributed by atoms with Gasteiger partial charge in [0.1, 0.15) is 5.82 Å². The molecule has 108 valence electrons. The quantitative estimate of drug-likeness (QED) is 0.839. The Morgan fingerprint density at radius 3 is 2.70 bits per heavy atom. The van der Waals surface area contributed by atoms with Gasteiger partial charge in [-0.05, 0) is 37.9 Å². The molecule has 0 fully saturated rings. The Bertz CT molecular complexity index is 531. The van der Waals surface area contributed by atoms with Crippen molar-refractivity contribution in [1.82, 2.24) is 14.9 Å². The molecule has 0 amide bonds. The first-order chi connectivity index (χ1) is 9.74. The maximum Gasteiger partial charge on any atom is 0.110 e. The highest BCUT2D eigenvalue weighted by molar-refractivity contribution is 5.26. The molecule has 3 heteroatoms. The van der Waals surface area contributed by atoms with Crippen LogP contribution in [0.4, 0.5) is 0 Å². The second-order valence-corrected chi connectivity index (χ2v) is 5.22.